The molecule has 0 bridgehead atoms. The average Bonchev–Trinajstić information content (AvgIpc) is 2.73. The second-order valence-corrected chi connectivity index (χ2v) is 4.58. The molecule has 2 aromatic rings. The zero-order valence-corrected chi connectivity index (χ0v) is 11.6. The lowest BCUT2D eigenvalue weighted by atomic mass is 10.0. The van der Waals surface area contributed by atoms with Crippen LogP contribution in [-0.4, -0.2) is 20.7 Å². The highest BCUT2D eigenvalue weighted by Gasteiger charge is 2.37. The van der Waals surface area contributed by atoms with Gasteiger partial charge in [-0.15, -0.1) is 5.10 Å². The summed E-state index contributed by atoms with van der Waals surface area (Å²) in [7, 11) is 1.11. The van der Waals surface area contributed by atoms with Crippen molar-refractivity contribution in [2.24, 2.45) is 7.05 Å². The van der Waals surface area contributed by atoms with Gasteiger partial charge in [0.2, 0.25) is 11.8 Å². The minimum atomic E-state index is -4.62. The molecule has 0 aliphatic heterocycles. The van der Waals surface area contributed by atoms with Crippen LogP contribution >= 0.6 is 0 Å². The maximum atomic E-state index is 12.6. The lowest BCUT2D eigenvalue weighted by Crippen LogP contribution is -2.15. The van der Waals surface area contributed by atoms with Crippen LogP contribution < -0.4 is 5.32 Å². The Morgan fingerprint density at radius 2 is 1.95 bits per heavy atom. The number of alkyl halides is 3. The molecule has 1 amide bonds. The highest BCUT2D eigenvalue weighted by atomic mass is 19.4. The molecule has 0 aliphatic rings. The Hall–Kier alpha value is -2.38. The molecule has 8 heteroatoms. The van der Waals surface area contributed by atoms with Gasteiger partial charge in [0.1, 0.15) is 0 Å². The van der Waals surface area contributed by atoms with Gasteiger partial charge in [-0.05, 0) is 31.0 Å². The third-order valence-electron chi connectivity index (χ3n) is 3.09. The van der Waals surface area contributed by atoms with Crippen LogP contribution in [0.25, 0.3) is 0 Å². The van der Waals surface area contributed by atoms with Crippen LogP contribution in [0.4, 0.5) is 19.1 Å². The van der Waals surface area contributed by atoms with Crippen LogP contribution in [0.5, 0.6) is 0 Å². The van der Waals surface area contributed by atoms with Crippen LogP contribution in [0.3, 0.4) is 0 Å². The summed E-state index contributed by atoms with van der Waals surface area (Å²) in [4.78, 5) is 15.4. The van der Waals surface area contributed by atoms with E-state index < -0.39 is 17.9 Å². The second kappa shape index (κ2) is 5.19. The van der Waals surface area contributed by atoms with Crippen molar-refractivity contribution >= 4 is 11.9 Å². The number of rotatable bonds is 2. The molecule has 1 aromatic carbocycles. The molecular weight excluding hydrogens is 285 g/mol. The maximum Gasteiger partial charge on any atom is 0.451 e. The van der Waals surface area contributed by atoms with Gasteiger partial charge in [0.05, 0.1) is 0 Å². The third kappa shape index (κ3) is 3.04. The van der Waals surface area contributed by atoms with E-state index in [-0.39, 0.29) is 5.95 Å². The highest BCUT2D eigenvalue weighted by molar-refractivity contribution is 6.04. The van der Waals surface area contributed by atoms with Gasteiger partial charge in [-0.3, -0.25) is 10.1 Å². The smallest absolute Gasteiger partial charge is 0.289 e. The van der Waals surface area contributed by atoms with Crippen molar-refractivity contribution in [3.8, 4) is 0 Å². The minimum absolute atomic E-state index is 0.371. The largest absolute Gasteiger partial charge is 0.451 e. The number of aryl methyl sites for hydroxylation is 2. The van der Waals surface area contributed by atoms with E-state index in [9.17, 15) is 18.0 Å². The summed E-state index contributed by atoms with van der Waals surface area (Å²) in [5, 5.41) is 5.83. The first-order chi connectivity index (χ1) is 9.70. The van der Waals surface area contributed by atoms with Crippen LogP contribution in [-0.2, 0) is 13.2 Å². The lowest BCUT2D eigenvalue weighted by Gasteiger charge is -2.07. The third-order valence-corrected chi connectivity index (χ3v) is 3.09. The summed E-state index contributed by atoms with van der Waals surface area (Å²) >= 11 is 0. The number of benzene rings is 1. The summed E-state index contributed by atoms with van der Waals surface area (Å²) in [6.07, 6.45) is -4.62. The molecule has 2 rings (SSSR count). The molecular formula is C13H13F3N4O. The van der Waals surface area contributed by atoms with Gasteiger partial charge in [0.15, 0.2) is 0 Å². The van der Waals surface area contributed by atoms with Gasteiger partial charge in [-0.1, -0.05) is 12.1 Å². The van der Waals surface area contributed by atoms with Crippen molar-refractivity contribution in [2.75, 3.05) is 5.32 Å². The fourth-order valence-electron chi connectivity index (χ4n) is 1.85. The Morgan fingerprint density at radius 1 is 1.29 bits per heavy atom. The van der Waals surface area contributed by atoms with E-state index in [4.69, 9.17) is 0 Å². The minimum Gasteiger partial charge on any atom is -0.289 e. The van der Waals surface area contributed by atoms with Crippen molar-refractivity contribution in [3.05, 3.63) is 40.7 Å². The van der Waals surface area contributed by atoms with E-state index in [1.165, 1.54) is 0 Å². The van der Waals surface area contributed by atoms with Crippen LogP contribution in [0.15, 0.2) is 18.2 Å². The molecule has 1 aromatic heterocycles. The van der Waals surface area contributed by atoms with Crippen LogP contribution in [0.2, 0.25) is 0 Å². The molecule has 0 atom stereocenters. The van der Waals surface area contributed by atoms with Gasteiger partial charge >= 0.3 is 6.18 Å². The maximum absolute atomic E-state index is 12.6. The van der Waals surface area contributed by atoms with Crippen molar-refractivity contribution in [1.29, 1.82) is 0 Å². The average molecular weight is 298 g/mol. The Morgan fingerprint density at radius 3 is 2.52 bits per heavy atom. The fraction of sp³-hybridized carbons (Fsp3) is 0.308. The fourth-order valence-corrected chi connectivity index (χ4v) is 1.85. The predicted molar refractivity (Wildman–Crippen MR) is 69.9 cm³/mol. The van der Waals surface area contributed by atoms with Crippen molar-refractivity contribution in [3.63, 3.8) is 0 Å². The summed E-state index contributed by atoms with van der Waals surface area (Å²) in [6, 6.07) is 5.13. The Labute approximate surface area is 118 Å². The van der Waals surface area contributed by atoms with Crippen molar-refractivity contribution in [2.45, 2.75) is 20.0 Å². The first kappa shape index (κ1) is 15.0. The zero-order valence-electron chi connectivity index (χ0n) is 11.6. The molecule has 0 radical (unpaired) electrons. The van der Waals surface area contributed by atoms with Crippen LogP contribution in [0.1, 0.15) is 27.3 Å². The quantitative estimate of drug-likeness (QED) is 0.927. The Bertz CT molecular complexity index is 691. The number of aromatic nitrogens is 3. The molecule has 0 saturated heterocycles. The molecule has 0 fully saturated rings. The Kier molecular flexibility index (Phi) is 3.71. The second-order valence-electron chi connectivity index (χ2n) is 4.58. The molecule has 1 N–H and O–H groups in total. The van der Waals surface area contributed by atoms with Gasteiger partial charge in [0, 0.05) is 12.6 Å². The molecule has 5 nitrogen and oxygen atoms in total. The number of nitrogens with one attached hydrogen (secondary N) is 1. The summed E-state index contributed by atoms with van der Waals surface area (Å²) < 4.78 is 38.4. The van der Waals surface area contributed by atoms with E-state index in [1.807, 2.05) is 13.0 Å². The molecule has 21 heavy (non-hydrogen) atoms. The molecule has 0 saturated carbocycles. The normalized spacial score (nSPS) is 11.5. The first-order valence-corrected chi connectivity index (χ1v) is 6.06. The summed E-state index contributed by atoms with van der Waals surface area (Å²) in [6.45, 7) is 3.60. The zero-order chi connectivity index (χ0) is 15.8. The van der Waals surface area contributed by atoms with E-state index in [0.717, 1.165) is 18.2 Å². The van der Waals surface area contributed by atoms with Gasteiger partial charge in [0.25, 0.3) is 5.91 Å². The number of hydrogen-bond acceptors (Lipinski definition) is 3. The number of anilines is 1. The first-order valence-electron chi connectivity index (χ1n) is 6.06. The summed E-state index contributed by atoms with van der Waals surface area (Å²) in [5.74, 6) is -2.09. The molecule has 0 unspecified atom stereocenters. The van der Waals surface area contributed by atoms with Gasteiger partial charge in [-0.25, -0.2) is 4.68 Å². The monoisotopic (exact) mass is 298 g/mol. The Balaban J connectivity index is 2.27. The highest BCUT2D eigenvalue weighted by Crippen LogP contribution is 2.27. The number of carbonyl (C=O) groups excluding carboxylic acids is 1. The number of hydrogen-bond donors (Lipinski definition) is 1. The van der Waals surface area contributed by atoms with E-state index in [1.54, 1.807) is 19.1 Å². The lowest BCUT2D eigenvalue weighted by molar-refractivity contribution is -0.147. The van der Waals surface area contributed by atoms with Crippen molar-refractivity contribution in [1.82, 2.24) is 14.8 Å². The van der Waals surface area contributed by atoms with E-state index in [0.29, 0.717) is 10.2 Å². The predicted octanol–water partition coefficient (Wildman–Crippen LogP) is 2.70. The topological polar surface area (TPSA) is 59.8 Å². The molecule has 0 aliphatic carbocycles. The SMILES string of the molecule is Cc1cccc(C(=O)Nc2nc(C(F)(F)F)n(C)n2)c1C. The van der Waals surface area contributed by atoms with Crippen LogP contribution in [0, 0.1) is 13.8 Å². The number of amides is 1. The van der Waals surface area contributed by atoms with E-state index >= 15 is 0 Å². The molecule has 112 valence electrons. The standard InChI is InChI=1S/C13H13F3N4O/c1-7-5-4-6-9(8(7)2)10(21)17-12-18-11(13(14,15)16)20(3)19-12/h4-6H,1-3H3,(H,17,19,21). The number of nitrogens with zero attached hydrogens (tertiary/aromatic N) is 3. The van der Waals surface area contributed by atoms with E-state index in [2.05, 4.69) is 15.4 Å². The summed E-state index contributed by atoms with van der Waals surface area (Å²) in [5.41, 5.74) is 2.03. The molecule has 0 spiro atoms. The van der Waals surface area contributed by atoms with Gasteiger partial charge < -0.3 is 0 Å². The van der Waals surface area contributed by atoms with Crippen molar-refractivity contribution < 1.29 is 18.0 Å². The molecule has 1 heterocycles. The number of carbonyl (C=O) groups is 1. The van der Waals surface area contributed by atoms with Gasteiger partial charge in [-0.2, -0.15) is 18.2 Å². The number of halogens is 3.